The molecule has 0 saturated carbocycles. The highest BCUT2D eigenvalue weighted by Crippen LogP contribution is 2.55. The molecular formula is C25H35N3O8S2Si. The third-order valence-corrected chi connectivity index (χ3v) is 14.4. The van der Waals surface area contributed by atoms with E-state index in [1.807, 2.05) is 13.8 Å². The fraction of sp³-hybridized carbons (Fsp3) is 0.560. The van der Waals surface area contributed by atoms with Crippen LogP contribution in [0.1, 0.15) is 40.2 Å². The molecule has 0 aromatic heterocycles. The number of benzene rings is 1. The minimum atomic E-state index is -2.12. The number of thioether (sulfide) groups is 2. The number of carboxylic acids is 1. The lowest BCUT2D eigenvalue weighted by Crippen LogP contribution is -2.62. The van der Waals surface area contributed by atoms with Crippen LogP contribution in [0.25, 0.3) is 0 Å². The maximum absolute atomic E-state index is 13.1. The van der Waals surface area contributed by atoms with E-state index in [1.54, 1.807) is 0 Å². The number of alkyl carbamates (subject to hydrolysis) is 1. The highest BCUT2D eigenvalue weighted by molar-refractivity contribution is 8.23. The minimum absolute atomic E-state index is 0.0204. The molecule has 4 atom stereocenters. The van der Waals surface area contributed by atoms with Crippen molar-refractivity contribution >= 4 is 55.5 Å². The Morgan fingerprint density at radius 2 is 1.87 bits per heavy atom. The fourth-order valence-corrected chi connectivity index (χ4v) is 8.49. The lowest BCUT2D eigenvalue weighted by Gasteiger charge is -2.48. The van der Waals surface area contributed by atoms with E-state index in [2.05, 4.69) is 39.2 Å². The van der Waals surface area contributed by atoms with Gasteiger partial charge in [-0.15, -0.1) is 11.8 Å². The van der Waals surface area contributed by atoms with Crippen molar-refractivity contribution < 1.29 is 33.6 Å². The zero-order valence-corrected chi connectivity index (χ0v) is 25.7. The van der Waals surface area contributed by atoms with Gasteiger partial charge in [0, 0.05) is 23.9 Å². The number of carbonyl (C=O) groups excluding carboxylic acids is 2. The number of aliphatic carboxylic acids is 1. The normalized spacial score (nSPS) is 20.7. The Morgan fingerprint density at radius 1 is 1.26 bits per heavy atom. The molecule has 39 heavy (non-hydrogen) atoms. The Morgan fingerprint density at radius 3 is 2.41 bits per heavy atom. The zero-order chi connectivity index (χ0) is 29.3. The van der Waals surface area contributed by atoms with Crippen LogP contribution in [0.2, 0.25) is 18.1 Å². The summed E-state index contributed by atoms with van der Waals surface area (Å²) in [6.07, 6.45) is -1.00. The second kappa shape index (κ2) is 11.9. The second-order valence-corrected chi connectivity index (χ2v) is 18.7. The van der Waals surface area contributed by atoms with Crippen LogP contribution >= 0.6 is 23.5 Å². The molecule has 2 N–H and O–H groups in total. The molecule has 1 fully saturated rings. The number of non-ortho nitro benzene ring substituents is 1. The van der Waals surface area contributed by atoms with Crippen molar-refractivity contribution in [3.8, 4) is 0 Å². The summed E-state index contributed by atoms with van der Waals surface area (Å²) < 4.78 is 12.1. The largest absolute Gasteiger partial charge is 0.477 e. The van der Waals surface area contributed by atoms with Crippen LogP contribution in [-0.2, 0) is 25.4 Å². The average molecular weight is 598 g/mol. The summed E-state index contributed by atoms with van der Waals surface area (Å²) in [5.74, 6) is -1.84. The van der Waals surface area contributed by atoms with Crippen molar-refractivity contribution in [2.24, 2.45) is 5.92 Å². The van der Waals surface area contributed by atoms with E-state index in [0.717, 1.165) is 0 Å². The molecule has 11 nitrogen and oxygen atoms in total. The molecule has 2 aliphatic heterocycles. The van der Waals surface area contributed by atoms with Crippen LogP contribution in [0.15, 0.2) is 34.2 Å². The number of ether oxygens (including phenoxy) is 1. The SMILES string of the molecule is C[C@H](CNC(=O)OCc1ccc([N+](=O)[O-])cc1)SC1=C(C(=O)O)N2C(=O)[C@H]([C@@H](C)O[Si](C)(C)C(C)(C)C)[C@H]2S1. The van der Waals surface area contributed by atoms with Gasteiger partial charge in [0.25, 0.3) is 5.69 Å². The van der Waals surface area contributed by atoms with Crippen molar-refractivity contribution in [3.05, 3.63) is 49.9 Å². The van der Waals surface area contributed by atoms with E-state index < -0.39 is 31.2 Å². The van der Waals surface area contributed by atoms with Crippen molar-refractivity contribution in [3.63, 3.8) is 0 Å². The van der Waals surface area contributed by atoms with Crippen LogP contribution < -0.4 is 5.32 Å². The summed E-state index contributed by atoms with van der Waals surface area (Å²) in [5.41, 5.74) is 0.528. The maximum Gasteiger partial charge on any atom is 0.407 e. The summed E-state index contributed by atoms with van der Waals surface area (Å²) in [6, 6.07) is 5.69. The fourth-order valence-electron chi connectivity index (χ4n) is 3.90. The third kappa shape index (κ3) is 6.97. The molecule has 0 aliphatic carbocycles. The third-order valence-electron chi connectivity index (χ3n) is 7.10. The van der Waals surface area contributed by atoms with Gasteiger partial charge in [0.2, 0.25) is 5.91 Å². The Balaban J connectivity index is 1.54. The Bertz CT molecular complexity index is 1170. The molecule has 3 rings (SSSR count). The first-order chi connectivity index (χ1) is 18.0. The molecular weight excluding hydrogens is 563 g/mol. The van der Waals surface area contributed by atoms with E-state index in [-0.39, 0.29) is 52.2 Å². The predicted octanol–water partition coefficient (Wildman–Crippen LogP) is 5.14. The van der Waals surface area contributed by atoms with Crippen LogP contribution in [0.5, 0.6) is 0 Å². The topological polar surface area (TPSA) is 148 Å². The van der Waals surface area contributed by atoms with Gasteiger partial charge in [-0.2, -0.15) is 0 Å². The minimum Gasteiger partial charge on any atom is -0.477 e. The first-order valence-corrected chi connectivity index (χ1v) is 17.2. The first kappa shape index (κ1) is 31.0. The van der Waals surface area contributed by atoms with Crippen molar-refractivity contribution in [1.29, 1.82) is 0 Å². The number of carboxylic acid groups (broad SMARTS) is 1. The molecule has 1 saturated heterocycles. The standard InChI is InChI=1S/C25H35N3O8S2Si/c1-14(12-26-24(32)35-13-16-8-10-17(11-9-16)28(33)34)37-23-19(22(30)31)27-20(29)18(21(27)38-23)15(2)36-39(6,7)25(3,4)5/h8-11,14-15,18,21H,12-13H2,1-7H3,(H,26,32)(H,30,31)/t14-,15-,18+,21-/m1/s1. The number of hydrogen-bond acceptors (Lipinski definition) is 9. The van der Waals surface area contributed by atoms with Gasteiger partial charge in [0.1, 0.15) is 12.0 Å². The van der Waals surface area contributed by atoms with Crippen molar-refractivity contribution in [2.45, 2.75) is 76.1 Å². The molecule has 0 spiro atoms. The van der Waals surface area contributed by atoms with Gasteiger partial charge in [0.05, 0.1) is 21.2 Å². The number of hydrogen-bond donors (Lipinski definition) is 2. The van der Waals surface area contributed by atoms with E-state index in [4.69, 9.17) is 9.16 Å². The van der Waals surface area contributed by atoms with Crippen molar-refractivity contribution in [2.75, 3.05) is 6.54 Å². The Labute approximate surface area is 237 Å². The number of nitrogens with zero attached hydrogens (tertiary/aromatic N) is 2. The van der Waals surface area contributed by atoms with Crippen LogP contribution in [0, 0.1) is 16.0 Å². The summed E-state index contributed by atoms with van der Waals surface area (Å²) >= 11 is 2.64. The predicted molar refractivity (Wildman–Crippen MR) is 152 cm³/mol. The number of nitro benzene ring substituents is 1. The highest BCUT2D eigenvalue weighted by atomic mass is 32.2. The number of rotatable bonds is 11. The van der Waals surface area contributed by atoms with Gasteiger partial charge >= 0.3 is 12.1 Å². The van der Waals surface area contributed by atoms with Gasteiger partial charge in [-0.1, -0.05) is 39.5 Å². The number of fused-ring (bicyclic) bond motifs is 1. The maximum atomic E-state index is 13.1. The van der Waals surface area contributed by atoms with Crippen LogP contribution in [0.4, 0.5) is 10.5 Å². The molecule has 0 unspecified atom stereocenters. The van der Waals surface area contributed by atoms with Gasteiger partial charge in [-0.3, -0.25) is 19.8 Å². The Hall–Kier alpha value is -2.55. The Kier molecular flexibility index (Phi) is 9.45. The van der Waals surface area contributed by atoms with E-state index in [1.165, 1.54) is 52.7 Å². The molecule has 1 aromatic rings. The van der Waals surface area contributed by atoms with E-state index >= 15 is 0 Å². The smallest absolute Gasteiger partial charge is 0.407 e. The number of β-lactam (4-membered cyclic amide) rings is 1. The molecule has 0 bridgehead atoms. The first-order valence-electron chi connectivity index (χ1n) is 12.5. The van der Waals surface area contributed by atoms with E-state index in [9.17, 15) is 29.6 Å². The quantitative estimate of drug-likeness (QED) is 0.152. The van der Waals surface area contributed by atoms with Gasteiger partial charge < -0.3 is 19.6 Å². The van der Waals surface area contributed by atoms with E-state index in [0.29, 0.717) is 9.80 Å². The van der Waals surface area contributed by atoms with Crippen LogP contribution in [0.3, 0.4) is 0 Å². The molecule has 1 aromatic carbocycles. The molecule has 2 amide bonds. The lowest BCUT2D eigenvalue weighted by atomic mass is 9.92. The number of nitro groups is 1. The lowest BCUT2D eigenvalue weighted by molar-refractivity contribution is -0.384. The second-order valence-electron chi connectivity index (χ2n) is 11.1. The summed E-state index contributed by atoms with van der Waals surface area (Å²) in [4.78, 5) is 48.9. The van der Waals surface area contributed by atoms with Gasteiger partial charge in [-0.05, 0) is 42.8 Å². The molecule has 2 heterocycles. The monoisotopic (exact) mass is 597 g/mol. The van der Waals surface area contributed by atoms with Gasteiger partial charge in [-0.25, -0.2) is 9.59 Å². The molecule has 214 valence electrons. The summed E-state index contributed by atoms with van der Waals surface area (Å²) in [5, 5.41) is 22.7. The van der Waals surface area contributed by atoms with Crippen molar-refractivity contribution in [1.82, 2.24) is 10.2 Å². The van der Waals surface area contributed by atoms with Gasteiger partial charge in [0.15, 0.2) is 14.0 Å². The summed E-state index contributed by atoms with van der Waals surface area (Å²) in [6.45, 7) is 14.5. The number of carbonyl (C=O) groups is 3. The molecule has 14 heteroatoms. The number of nitrogens with one attached hydrogen (secondary N) is 1. The van der Waals surface area contributed by atoms with Crippen LogP contribution in [-0.4, -0.2) is 64.5 Å². The summed E-state index contributed by atoms with van der Waals surface area (Å²) in [7, 11) is -2.12. The molecule has 2 aliphatic rings. The number of amides is 2. The highest BCUT2D eigenvalue weighted by Gasteiger charge is 2.59. The zero-order valence-electron chi connectivity index (χ0n) is 23.0. The average Bonchev–Trinajstić information content (AvgIpc) is 3.14. The molecule has 0 radical (unpaired) electrons.